The third-order valence-electron chi connectivity index (χ3n) is 3.34. The van der Waals surface area contributed by atoms with Gasteiger partial charge in [0.2, 0.25) is 0 Å². The van der Waals surface area contributed by atoms with Gasteiger partial charge in [0.1, 0.15) is 0 Å². The molecule has 1 heterocycles. The molecule has 0 N–H and O–H groups in total. The van der Waals surface area contributed by atoms with E-state index >= 15 is 0 Å². The number of rotatable bonds is 1. The predicted octanol–water partition coefficient (Wildman–Crippen LogP) is 3.71. The summed E-state index contributed by atoms with van der Waals surface area (Å²) in [6, 6.07) is 0. The average Bonchev–Trinajstić information content (AvgIpc) is 2.01. The lowest BCUT2D eigenvalue weighted by atomic mass is 9.86. The summed E-state index contributed by atoms with van der Waals surface area (Å²) >= 11 is 2.61. The molecule has 0 aromatic heterocycles. The highest BCUT2D eigenvalue weighted by molar-refractivity contribution is 14.1. The van der Waals surface area contributed by atoms with Crippen molar-refractivity contribution in [2.45, 2.75) is 56.4 Å². The van der Waals surface area contributed by atoms with Gasteiger partial charge in [0, 0.05) is 15.5 Å². The summed E-state index contributed by atoms with van der Waals surface area (Å²) in [6.45, 7) is 14.3. The van der Waals surface area contributed by atoms with Gasteiger partial charge in [-0.2, -0.15) is 0 Å². The minimum atomic E-state index is 0.348. The first-order valence-corrected chi connectivity index (χ1v) is 6.73. The Balaban J connectivity index is 2.61. The summed E-state index contributed by atoms with van der Waals surface area (Å²) in [6.07, 6.45) is 2.77. The highest BCUT2D eigenvalue weighted by atomic mass is 127. The lowest BCUT2D eigenvalue weighted by molar-refractivity contribution is 0.0718. The van der Waals surface area contributed by atoms with E-state index in [2.05, 4.69) is 62.1 Å². The van der Waals surface area contributed by atoms with Crippen LogP contribution in [0.4, 0.5) is 0 Å². The molecule has 1 aliphatic rings. The molecule has 1 aliphatic heterocycles. The molecule has 14 heavy (non-hydrogen) atoms. The van der Waals surface area contributed by atoms with E-state index in [4.69, 9.17) is 0 Å². The zero-order chi connectivity index (χ0) is 11.0. The van der Waals surface area contributed by atoms with Crippen LogP contribution in [-0.4, -0.2) is 27.0 Å². The Morgan fingerprint density at radius 2 is 1.71 bits per heavy atom. The Hall–Kier alpha value is 0.690. The van der Waals surface area contributed by atoms with Crippen LogP contribution in [0, 0.1) is 5.92 Å². The topological polar surface area (TPSA) is 3.24 Å². The monoisotopic (exact) mass is 309 g/mol. The lowest BCUT2D eigenvalue weighted by Gasteiger charge is -2.44. The second-order valence-electron chi connectivity index (χ2n) is 6.02. The summed E-state index contributed by atoms with van der Waals surface area (Å²) in [4.78, 5) is 2.64. The number of halogens is 1. The molecule has 0 aromatic rings. The molecule has 1 atom stereocenters. The molecule has 1 unspecified atom stereocenters. The van der Waals surface area contributed by atoms with Gasteiger partial charge in [-0.25, -0.2) is 0 Å². The van der Waals surface area contributed by atoms with Gasteiger partial charge in [0.25, 0.3) is 0 Å². The SMILES string of the molecule is CC(C)(I)C1CCCN(C(C)(C)C)C1. The summed E-state index contributed by atoms with van der Waals surface area (Å²) in [5.41, 5.74) is 0.348. The predicted molar refractivity (Wildman–Crippen MR) is 72.1 cm³/mol. The zero-order valence-electron chi connectivity index (χ0n) is 10.2. The standard InChI is InChI=1S/C12H24IN/c1-11(2,3)14-8-6-7-10(9-14)12(4,5)13/h10H,6-9H2,1-5H3. The molecule has 1 nitrogen and oxygen atoms in total. The maximum Gasteiger partial charge on any atom is 0.0206 e. The average molecular weight is 309 g/mol. The number of hydrogen-bond donors (Lipinski definition) is 0. The number of hydrogen-bond acceptors (Lipinski definition) is 1. The summed E-state index contributed by atoms with van der Waals surface area (Å²) in [5.74, 6) is 0.857. The zero-order valence-corrected chi connectivity index (χ0v) is 12.4. The third-order valence-corrected chi connectivity index (χ3v) is 4.22. The fourth-order valence-electron chi connectivity index (χ4n) is 2.15. The minimum absolute atomic E-state index is 0.348. The van der Waals surface area contributed by atoms with Gasteiger partial charge in [-0.3, -0.25) is 4.90 Å². The quantitative estimate of drug-likeness (QED) is 0.527. The van der Waals surface area contributed by atoms with Gasteiger partial charge < -0.3 is 0 Å². The van der Waals surface area contributed by atoms with Crippen molar-refractivity contribution in [2.75, 3.05) is 13.1 Å². The Morgan fingerprint density at radius 3 is 2.14 bits per heavy atom. The molecule has 0 saturated carbocycles. The van der Waals surface area contributed by atoms with Gasteiger partial charge in [-0.15, -0.1) is 0 Å². The van der Waals surface area contributed by atoms with Gasteiger partial charge in [-0.05, 0) is 46.1 Å². The van der Waals surface area contributed by atoms with Crippen LogP contribution in [0.1, 0.15) is 47.5 Å². The maximum absolute atomic E-state index is 2.64. The number of nitrogens with zero attached hydrogens (tertiary/aromatic N) is 1. The molecule has 2 heteroatoms. The second kappa shape index (κ2) is 4.28. The van der Waals surface area contributed by atoms with E-state index in [9.17, 15) is 0 Å². The molecule has 84 valence electrons. The van der Waals surface area contributed by atoms with Crippen molar-refractivity contribution >= 4 is 22.6 Å². The Kier molecular flexibility index (Phi) is 3.90. The molecule has 1 rings (SSSR count). The Labute approximate surface area is 103 Å². The van der Waals surface area contributed by atoms with Crippen molar-refractivity contribution in [3.63, 3.8) is 0 Å². The van der Waals surface area contributed by atoms with Crippen LogP contribution in [0.2, 0.25) is 0 Å². The molecule has 1 saturated heterocycles. The largest absolute Gasteiger partial charge is 0.298 e. The number of piperidine rings is 1. The van der Waals surface area contributed by atoms with E-state index in [0.717, 1.165) is 5.92 Å². The van der Waals surface area contributed by atoms with Gasteiger partial charge >= 0.3 is 0 Å². The molecule has 0 aromatic carbocycles. The number of alkyl halides is 1. The molecule has 1 fully saturated rings. The van der Waals surface area contributed by atoms with E-state index in [-0.39, 0.29) is 0 Å². The molecule has 0 radical (unpaired) electrons. The minimum Gasteiger partial charge on any atom is -0.298 e. The van der Waals surface area contributed by atoms with Crippen LogP contribution in [0.15, 0.2) is 0 Å². The second-order valence-corrected chi connectivity index (χ2v) is 8.80. The van der Waals surface area contributed by atoms with Crippen LogP contribution < -0.4 is 0 Å². The van der Waals surface area contributed by atoms with Gasteiger partial charge in [0.05, 0.1) is 0 Å². The van der Waals surface area contributed by atoms with E-state index < -0.39 is 0 Å². The van der Waals surface area contributed by atoms with Crippen molar-refractivity contribution in [1.82, 2.24) is 4.90 Å². The molecule has 0 spiro atoms. The smallest absolute Gasteiger partial charge is 0.0206 e. The number of likely N-dealkylation sites (tertiary alicyclic amines) is 1. The van der Waals surface area contributed by atoms with Gasteiger partial charge in [-0.1, -0.05) is 36.4 Å². The molecule has 0 bridgehead atoms. The fraction of sp³-hybridized carbons (Fsp3) is 1.00. The van der Waals surface area contributed by atoms with Crippen LogP contribution in [0.5, 0.6) is 0 Å². The van der Waals surface area contributed by atoms with E-state index in [1.807, 2.05) is 0 Å². The molecular weight excluding hydrogens is 285 g/mol. The van der Waals surface area contributed by atoms with Crippen LogP contribution in [0.25, 0.3) is 0 Å². The third kappa shape index (κ3) is 3.37. The van der Waals surface area contributed by atoms with Crippen molar-refractivity contribution in [1.29, 1.82) is 0 Å². The Morgan fingerprint density at radius 1 is 1.14 bits per heavy atom. The van der Waals surface area contributed by atoms with Crippen molar-refractivity contribution in [2.24, 2.45) is 5.92 Å². The summed E-state index contributed by atoms with van der Waals surface area (Å²) in [5, 5.41) is 0. The fourth-order valence-corrected chi connectivity index (χ4v) is 2.66. The van der Waals surface area contributed by atoms with Crippen LogP contribution >= 0.6 is 22.6 Å². The summed E-state index contributed by atoms with van der Waals surface area (Å²) < 4.78 is 0.446. The molecule has 0 amide bonds. The molecule has 0 aliphatic carbocycles. The van der Waals surface area contributed by atoms with Crippen molar-refractivity contribution in [3.8, 4) is 0 Å². The highest BCUT2D eigenvalue weighted by Gasteiger charge is 2.34. The normalized spacial score (nSPS) is 26.6. The van der Waals surface area contributed by atoms with Crippen molar-refractivity contribution < 1.29 is 0 Å². The van der Waals surface area contributed by atoms with Crippen LogP contribution in [-0.2, 0) is 0 Å². The van der Waals surface area contributed by atoms with E-state index in [0.29, 0.717) is 8.96 Å². The highest BCUT2D eigenvalue weighted by Crippen LogP contribution is 2.35. The lowest BCUT2D eigenvalue weighted by Crippen LogP contribution is -2.50. The van der Waals surface area contributed by atoms with E-state index in [1.54, 1.807) is 0 Å². The van der Waals surface area contributed by atoms with Crippen molar-refractivity contribution in [3.05, 3.63) is 0 Å². The molecular formula is C12H24IN. The summed E-state index contributed by atoms with van der Waals surface area (Å²) in [7, 11) is 0. The Bertz CT molecular complexity index is 167. The first kappa shape index (κ1) is 12.8. The van der Waals surface area contributed by atoms with Crippen LogP contribution in [0.3, 0.4) is 0 Å². The first-order valence-electron chi connectivity index (χ1n) is 5.65. The first-order chi connectivity index (χ1) is 6.21. The van der Waals surface area contributed by atoms with E-state index in [1.165, 1.54) is 25.9 Å². The van der Waals surface area contributed by atoms with Gasteiger partial charge in [0.15, 0.2) is 0 Å². The maximum atomic E-state index is 2.64.